The van der Waals surface area contributed by atoms with E-state index in [0.717, 1.165) is 144 Å². The van der Waals surface area contributed by atoms with Crippen LogP contribution in [0.3, 0.4) is 0 Å². The summed E-state index contributed by atoms with van der Waals surface area (Å²) in [5.74, 6) is 2.39. The second-order valence-electron chi connectivity index (χ2n) is 33.6. The van der Waals surface area contributed by atoms with Crippen LogP contribution in [-0.4, -0.2) is 256 Å². The number of hydrogen-bond acceptors (Lipinski definition) is 23. The van der Waals surface area contributed by atoms with E-state index in [9.17, 15) is 24.8 Å². The van der Waals surface area contributed by atoms with E-state index in [1.165, 1.54) is 65.1 Å². The lowest BCUT2D eigenvalue weighted by molar-refractivity contribution is -0.129. The monoisotopic (exact) mass is 1630 g/mol. The molecule has 0 bridgehead atoms. The number of phenols is 1. The Labute approximate surface area is 709 Å². The number of phenolic OH excluding ortho intramolecular Hbond substituents is 1. The van der Waals surface area contributed by atoms with E-state index >= 15 is 0 Å². The summed E-state index contributed by atoms with van der Waals surface area (Å²) in [5, 5.41) is 24.4. The minimum absolute atomic E-state index is 0.120. The highest BCUT2D eigenvalue weighted by molar-refractivity contribution is 5.90. The Morgan fingerprint density at radius 2 is 0.967 bits per heavy atom. The number of anilines is 5. The quantitative estimate of drug-likeness (QED) is 0.0489. The summed E-state index contributed by atoms with van der Waals surface area (Å²) < 4.78 is 18.7. The molecular formula is C93H109N21O7. The number of fused-ring (bicyclic) bond motifs is 6. The molecule has 8 aromatic rings. The van der Waals surface area contributed by atoms with Crippen LogP contribution >= 0.6 is 0 Å². The first kappa shape index (κ1) is 82.7. The molecule has 5 aromatic carbocycles. The van der Waals surface area contributed by atoms with Crippen molar-refractivity contribution in [2.45, 2.75) is 146 Å². The second kappa shape index (κ2) is 37.3. The Morgan fingerprint density at radius 3 is 1.48 bits per heavy atom. The van der Waals surface area contributed by atoms with Gasteiger partial charge in [0, 0.05) is 138 Å². The van der Waals surface area contributed by atoms with Crippen molar-refractivity contribution in [3.63, 3.8) is 0 Å². The van der Waals surface area contributed by atoms with Crippen LogP contribution in [0, 0.1) is 24.5 Å². The van der Waals surface area contributed by atoms with Gasteiger partial charge < -0.3 is 82.9 Å². The highest BCUT2D eigenvalue weighted by Crippen LogP contribution is 2.42. The molecule has 628 valence electrons. The Hall–Kier alpha value is -12.0. The van der Waals surface area contributed by atoms with Crippen molar-refractivity contribution in [3.8, 4) is 29.9 Å². The van der Waals surface area contributed by atoms with Gasteiger partial charge in [0.1, 0.15) is 55.1 Å². The molecule has 9 aliphatic heterocycles. The van der Waals surface area contributed by atoms with Gasteiger partial charge in [-0.25, -0.2) is 13.1 Å². The number of piperazine rings is 3. The van der Waals surface area contributed by atoms with E-state index < -0.39 is 0 Å². The maximum absolute atomic E-state index is 12.5. The molecule has 12 heterocycles. The van der Waals surface area contributed by atoms with Crippen LogP contribution in [0.2, 0.25) is 0 Å². The first-order chi connectivity index (χ1) is 59.0. The average molecular weight is 1630 g/mol. The standard InChI is InChI=1S/C32H37N7O3.C31H35N7O2.C30H37N7O2/c1-3-30(41)39-14-13-38(18-24(39)10-11-33)31-28-19-37(17-23-16-26(40)15-22-7-4-5-9-27(22)23)20-29(28)34-32(35-31)42-21-25-8-6-12-36(25)2;1-4-29(39)38-15-14-36(18-26(38)17-32-2)30-27-19-37(24-12-11-22-8-5-6-9-23(22)16-24)20-28(27)33-31(34-30)40-21-25-10-7-13-35(25)3;1-4-28(38)37-15-14-35(17-23(37)16-31-2)29-25-18-36(27-12-6-9-21-8-5-11-24(21)27)19-26(25)32-30(33-29)39-20-22-10-7-13-34(22)3/h3-5,7,9,15-16,24-25,40H,1,6,8,10,12-14,17-21H2,2H3;4-6,8-9,11-12,16,25-26H,1,7,10,13-15,17-21H2,3H3;4,6,9,12,22-23H,1,5,7-8,10-11,13-20H2,3H3/t24-,25-;25-,26-;22-,23-/m000/s1. The number of likely N-dealkylation sites (N-methyl/N-ethyl adjacent to an activating group) is 3. The fraction of sp³-hybridized carbons (Fsp3) is 0.462. The van der Waals surface area contributed by atoms with Gasteiger partial charge in [-0.05, 0) is 185 Å². The number of aromatic hydroxyl groups is 1. The van der Waals surface area contributed by atoms with Gasteiger partial charge in [0.15, 0.2) is 0 Å². The molecular weight excluding hydrogens is 1520 g/mol. The maximum Gasteiger partial charge on any atom is 0.318 e. The van der Waals surface area contributed by atoms with E-state index in [1.54, 1.807) is 20.8 Å². The summed E-state index contributed by atoms with van der Waals surface area (Å²) in [4.78, 5) is 100. The smallest absolute Gasteiger partial charge is 0.318 e. The molecule has 0 unspecified atom stereocenters. The molecule has 3 amide bonds. The van der Waals surface area contributed by atoms with Crippen molar-refractivity contribution in [2.75, 3.05) is 157 Å². The lowest BCUT2D eigenvalue weighted by Crippen LogP contribution is -2.56. The summed E-state index contributed by atoms with van der Waals surface area (Å²) in [6.07, 6.45) is 14.6. The molecule has 28 nitrogen and oxygen atoms in total. The van der Waals surface area contributed by atoms with Gasteiger partial charge in [-0.2, -0.15) is 35.2 Å². The fourth-order valence-electron chi connectivity index (χ4n) is 19.4. The van der Waals surface area contributed by atoms with Gasteiger partial charge >= 0.3 is 18.0 Å². The molecule has 6 fully saturated rings. The van der Waals surface area contributed by atoms with Crippen molar-refractivity contribution in [1.82, 2.24) is 64.2 Å². The molecule has 18 rings (SSSR count). The van der Waals surface area contributed by atoms with Gasteiger partial charge in [0.2, 0.25) is 30.8 Å². The Morgan fingerprint density at radius 1 is 0.488 bits per heavy atom. The van der Waals surface area contributed by atoms with E-state index in [4.69, 9.17) is 57.3 Å². The highest BCUT2D eigenvalue weighted by Gasteiger charge is 2.41. The zero-order valence-electron chi connectivity index (χ0n) is 69.9. The average Bonchev–Trinajstić information content (AvgIpc) is 1.65. The Balaban J connectivity index is 0.000000135. The van der Waals surface area contributed by atoms with E-state index in [2.05, 4.69) is 167 Å². The first-order valence-electron chi connectivity index (χ1n) is 42.8. The number of aryl methyl sites for hydroxylation is 1. The molecule has 1 N–H and O–H groups in total. The van der Waals surface area contributed by atoms with Crippen LogP contribution < -0.4 is 38.7 Å². The van der Waals surface area contributed by atoms with Gasteiger partial charge in [-0.3, -0.25) is 19.3 Å². The zero-order chi connectivity index (χ0) is 83.8. The molecule has 0 spiro atoms. The molecule has 28 heteroatoms. The fourth-order valence-corrected chi connectivity index (χ4v) is 19.4. The van der Waals surface area contributed by atoms with E-state index in [0.29, 0.717) is 148 Å². The summed E-state index contributed by atoms with van der Waals surface area (Å²) in [6, 6.07) is 37.2. The number of aromatic nitrogens is 6. The summed E-state index contributed by atoms with van der Waals surface area (Å²) in [5.41, 5.74) is 12.6. The van der Waals surface area contributed by atoms with Crippen LogP contribution in [0.25, 0.3) is 31.2 Å². The van der Waals surface area contributed by atoms with Gasteiger partial charge in [-0.1, -0.05) is 86.5 Å². The number of ether oxygens (including phenoxy) is 3. The van der Waals surface area contributed by atoms with Crippen molar-refractivity contribution >= 4 is 68.1 Å². The van der Waals surface area contributed by atoms with Crippen LogP contribution in [0.5, 0.6) is 23.8 Å². The largest absolute Gasteiger partial charge is 0.508 e. The normalized spacial score (nSPS) is 21.5. The number of nitrogens with zero attached hydrogens (tertiary/aromatic N) is 21. The molecule has 10 aliphatic rings. The number of carbonyl (C=O) groups excluding carboxylic acids is 3. The first-order valence-corrected chi connectivity index (χ1v) is 42.8. The third-order valence-electron chi connectivity index (χ3n) is 26.1. The third-order valence-corrected chi connectivity index (χ3v) is 26.1. The molecule has 121 heavy (non-hydrogen) atoms. The summed E-state index contributed by atoms with van der Waals surface area (Å²) in [7, 11) is 6.41. The number of hydrogen-bond donors (Lipinski definition) is 1. The minimum Gasteiger partial charge on any atom is -0.508 e. The van der Waals surface area contributed by atoms with Crippen LogP contribution in [0.4, 0.5) is 28.8 Å². The molecule has 0 radical (unpaired) electrons. The Bertz CT molecular complexity index is 5340. The number of likely N-dealkylation sites (tertiary alicyclic amines) is 3. The second-order valence-corrected chi connectivity index (χ2v) is 33.6. The lowest BCUT2D eigenvalue weighted by atomic mass is 10.0. The number of rotatable bonds is 22. The van der Waals surface area contributed by atoms with E-state index in [1.807, 2.05) is 24.3 Å². The third kappa shape index (κ3) is 18.2. The van der Waals surface area contributed by atoms with Gasteiger partial charge in [-0.15, -0.1) is 0 Å². The van der Waals surface area contributed by atoms with Gasteiger partial charge in [0.05, 0.1) is 48.7 Å². The summed E-state index contributed by atoms with van der Waals surface area (Å²) in [6.45, 7) is 41.0. The zero-order valence-corrected chi connectivity index (χ0v) is 69.9. The molecule has 3 aromatic heterocycles. The number of benzene rings is 5. The maximum atomic E-state index is 12.5. The van der Waals surface area contributed by atoms with Crippen LogP contribution in [0.1, 0.15) is 102 Å². The highest BCUT2D eigenvalue weighted by atomic mass is 16.5. The predicted octanol–water partition coefficient (Wildman–Crippen LogP) is 10.3. The van der Waals surface area contributed by atoms with Crippen molar-refractivity contribution in [3.05, 3.63) is 208 Å². The van der Waals surface area contributed by atoms with Crippen LogP contribution in [0.15, 0.2) is 135 Å². The number of carbonyl (C=O) groups is 3. The molecule has 6 atom stereocenters. The Kier molecular flexibility index (Phi) is 25.5. The molecule has 1 aliphatic carbocycles. The van der Waals surface area contributed by atoms with Crippen molar-refractivity contribution < 1.29 is 33.7 Å². The topological polar surface area (TPSA) is 248 Å². The predicted molar refractivity (Wildman–Crippen MR) is 467 cm³/mol. The van der Waals surface area contributed by atoms with Crippen molar-refractivity contribution in [1.29, 1.82) is 5.26 Å². The van der Waals surface area contributed by atoms with E-state index in [-0.39, 0.29) is 61.1 Å². The van der Waals surface area contributed by atoms with Crippen LogP contribution in [-0.2, 0) is 73.0 Å². The lowest BCUT2D eigenvalue weighted by Gasteiger charge is -2.41. The molecule has 0 saturated carbocycles. The van der Waals surface area contributed by atoms with Crippen molar-refractivity contribution in [2.24, 2.45) is 0 Å². The number of nitriles is 1. The molecule has 6 saturated heterocycles. The van der Waals surface area contributed by atoms with Gasteiger partial charge in [0.25, 0.3) is 0 Å². The SMILES string of the molecule is C=CC(=O)N1CCN(c2nc(OC[C@@H]3CCCN3C)nc3c2CN(Cc2cc(O)cc4ccccc24)C3)C[C@@H]1CC#N.[C-]#[N+]C[C@H]1CN(c2nc(OC[C@@H]3CCCN3C)nc3c2CN(c2ccc4ccccc4c2)C3)CCN1C(=O)C=C.[C-]#[N+]C[C@H]1CN(c2nc(OC[C@@H]3CCCN3C)nc3c2CN(c2cccc4c2CCC4)C3)CCN1C(=O)C=C. The summed E-state index contributed by atoms with van der Waals surface area (Å²) >= 11 is 0. The minimum atomic E-state index is -0.257. The number of amides is 3.